The van der Waals surface area contributed by atoms with Gasteiger partial charge in [0.2, 0.25) is 5.78 Å². The predicted octanol–water partition coefficient (Wildman–Crippen LogP) is 2.73. The van der Waals surface area contributed by atoms with Crippen LogP contribution in [0.2, 0.25) is 0 Å². The molecule has 0 aromatic heterocycles. The smallest absolute Gasteiger partial charge is 0.202 e. The highest BCUT2D eigenvalue weighted by molar-refractivity contribution is 6.31. The summed E-state index contributed by atoms with van der Waals surface area (Å²) in [6.45, 7) is 6.83. The van der Waals surface area contributed by atoms with Crippen molar-refractivity contribution in [3.8, 4) is 17.2 Å². The van der Waals surface area contributed by atoms with E-state index >= 15 is 0 Å². The first-order chi connectivity index (χ1) is 20.1. The quantitative estimate of drug-likeness (QED) is 0.263. The molecule has 2 aliphatic carbocycles. The predicted molar refractivity (Wildman–Crippen MR) is 151 cm³/mol. The Morgan fingerprint density at radius 1 is 1.09 bits per heavy atom. The zero-order chi connectivity index (χ0) is 31.6. The van der Waals surface area contributed by atoms with Gasteiger partial charge in [0, 0.05) is 36.0 Å². The van der Waals surface area contributed by atoms with Crippen LogP contribution in [-0.2, 0) is 20.7 Å². The molecule has 232 valence electrons. The highest BCUT2D eigenvalue weighted by Crippen LogP contribution is 2.52. The molecule has 1 fully saturated rings. The van der Waals surface area contributed by atoms with Gasteiger partial charge in [-0.3, -0.25) is 14.4 Å². The molecule has 3 aliphatic rings. The molecule has 2 aromatic rings. The monoisotopic (exact) mass is 598 g/mol. The first-order valence-electron chi connectivity index (χ1n) is 14.3. The number of ketones is 3. The second-order valence-electron chi connectivity index (χ2n) is 13.0. The van der Waals surface area contributed by atoms with Crippen LogP contribution in [0, 0.1) is 11.3 Å². The molecule has 1 saturated heterocycles. The van der Waals surface area contributed by atoms with E-state index in [2.05, 4.69) is 0 Å². The largest absolute Gasteiger partial charge is 0.507 e. The molecule has 0 saturated carbocycles. The van der Waals surface area contributed by atoms with E-state index in [-0.39, 0.29) is 45.8 Å². The van der Waals surface area contributed by atoms with Gasteiger partial charge in [0.15, 0.2) is 17.9 Å². The molecule has 2 aromatic carbocycles. The number of Topliss-reactive ketones (excluding diaryl/α,β-unsaturated/α-hetero) is 1. The molecule has 1 unspecified atom stereocenters. The van der Waals surface area contributed by atoms with Crippen molar-refractivity contribution < 1.29 is 54.1 Å². The summed E-state index contributed by atoms with van der Waals surface area (Å²) >= 11 is 0. The number of carbonyl (C=O) groups is 3. The Labute approximate surface area is 249 Å². The number of fused-ring (bicyclic) bond motifs is 3. The van der Waals surface area contributed by atoms with E-state index in [0.717, 1.165) is 0 Å². The number of carbonyl (C=O) groups excluding carboxylic acids is 3. The van der Waals surface area contributed by atoms with Gasteiger partial charge in [0.05, 0.1) is 42.1 Å². The maximum atomic E-state index is 13.8. The first kappa shape index (κ1) is 31.1. The maximum Gasteiger partial charge on any atom is 0.202 e. The third-order valence-corrected chi connectivity index (χ3v) is 8.75. The number of aromatic hydroxyl groups is 2. The summed E-state index contributed by atoms with van der Waals surface area (Å²) in [6.07, 6.45) is -3.73. The number of hydrogen-bond acceptors (Lipinski definition) is 11. The maximum absolute atomic E-state index is 13.8. The number of aliphatic hydroxyl groups is 3. The van der Waals surface area contributed by atoms with Crippen LogP contribution in [-0.4, -0.2) is 80.7 Å². The second-order valence-corrected chi connectivity index (χ2v) is 13.0. The molecule has 0 spiro atoms. The molecule has 5 N–H and O–H groups in total. The summed E-state index contributed by atoms with van der Waals surface area (Å²) in [5.41, 5.74) is -3.57. The Morgan fingerprint density at radius 3 is 2.40 bits per heavy atom. The van der Waals surface area contributed by atoms with E-state index in [1.165, 1.54) is 25.3 Å². The molecular weight excluding hydrogens is 560 g/mol. The fourth-order valence-corrected chi connectivity index (χ4v) is 6.80. The van der Waals surface area contributed by atoms with Crippen LogP contribution >= 0.6 is 0 Å². The lowest BCUT2D eigenvalue weighted by atomic mass is 9.72. The minimum atomic E-state index is -2.22. The van der Waals surface area contributed by atoms with Gasteiger partial charge in [-0.05, 0) is 30.7 Å². The van der Waals surface area contributed by atoms with Gasteiger partial charge < -0.3 is 39.7 Å². The molecule has 5 rings (SSSR count). The Bertz CT molecular complexity index is 1490. The van der Waals surface area contributed by atoms with Crippen LogP contribution in [0.4, 0.5) is 0 Å². The lowest BCUT2D eigenvalue weighted by molar-refractivity contribution is -0.259. The number of rotatable bonds is 6. The van der Waals surface area contributed by atoms with Crippen LogP contribution in [0.25, 0.3) is 0 Å². The number of methoxy groups -OCH3 is 1. The van der Waals surface area contributed by atoms with Crippen molar-refractivity contribution >= 4 is 17.3 Å². The highest BCUT2D eigenvalue weighted by atomic mass is 16.7. The Hall–Kier alpha value is -3.35. The summed E-state index contributed by atoms with van der Waals surface area (Å²) in [5, 5.41) is 55.0. The molecule has 1 heterocycles. The molecule has 0 radical (unpaired) electrons. The normalized spacial score (nSPS) is 28.6. The number of phenolic OH excluding ortho intramolecular Hbond substituents is 2. The van der Waals surface area contributed by atoms with Crippen molar-refractivity contribution in [2.75, 3.05) is 13.7 Å². The summed E-state index contributed by atoms with van der Waals surface area (Å²) in [6, 6.07) is 4.42. The topological polar surface area (TPSA) is 180 Å². The first-order valence-corrected chi connectivity index (χ1v) is 14.3. The van der Waals surface area contributed by atoms with Crippen LogP contribution < -0.4 is 4.74 Å². The third-order valence-electron chi connectivity index (χ3n) is 8.75. The minimum Gasteiger partial charge on any atom is -0.507 e. The third kappa shape index (κ3) is 5.23. The summed E-state index contributed by atoms with van der Waals surface area (Å²) in [4.78, 5) is 40.2. The van der Waals surface area contributed by atoms with E-state index in [0.29, 0.717) is 6.42 Å². The van der Waals surface area contributed by atoms with Crippen LogP contribution in [0.5, 0.6) is 17.2 Å². The van der Waals surface area contributed by atoms with Gasteiger partial charge in [-0.25, -0.2) is 0 Å². The number of hydrogen-bond donors (Lipinski definition) is 5. The molecule has 43 heavy (non-hydrogen) atoms. The zero-order valence-corrected chi connectivity index (χ0v) is 24.8. The van der Waals surface area contributed by atoms with Gasteiger partial charge in [-0.15, -0.1) is 0 Å². The van der Waals surface area contributed by atoms with Crippen molar-refractivity contribution in [1.82, 2.24) is 0 Å². The average molecular weight is 599 g/mol. The molecule has 6 atom stereocenters. The van der Waals surface area contributed by atoms with E-state index < -0.39 is 89.6 Å². The van der Waals surface area contributed by atoms with Crippen LogP contribution in [0.1, 0.15) is 96.0 Å². The van der Waals surface area contributed by atoms with Crippen molar-refractivity contribution in [3.63, 3.8) is 0 Å². The number of ether oxygens (including phenoxy) is 3. The molecular formula is C32H38O11. The van der Waals surface area contributed by atoms with Gasteiger partial charge in [0.25, 0.3) is 0 Å². The summed E-state index contributed by atoms with van der Waals surface area (Å²) in [5.74, 6) is -3.85. The van der Waals surface area contributed by atoms with Crippen LogP contribution in [0.15, 0.2) is 18.2 Å². The standard InChI is InChI=1S/C32H38O11/c1-14-26(35)15(10-31(2,3)4)9-21(42-14)43-19-12-32(40,20(34)13-33)11-17-23(19)30(39)25-24(28(17)37)27(36)16-7-6-8-18(41-5)22(16)29(25)38/h6-8,14-15,19,21,26,33,35,37,39-40H,9-13H2,1-5H3/t14-,15?,19-,21-,26+,32-/m0/s1. The number of phenols is 2. The van der Waals surface area contributed by atoms with Gasteiger partial charge in [-0.2, -0.15) is 0 Å². The summed E-state index contributed by atoms with van der Waals surface area (Å²) < 4.78 is 17.5. The summed E-state index contributed by atoms with van der Waals surface area (Å²) in [7, 11) is 1.34. The molecule has 1 aliphatic heterocycles. The van der Waals surface area contributed by atoms with Crippen molar-refractivity contribution in [2.45, 2.75) is 83.6 Å². The molecule has 0 bridgehead atoms. The van der Waals surface area contributed by atoms with Gasteiger partial charge in [-0.1, -0.05) is 32.9 Å². The Kier molecular flexibility index (Phi) is 7.94. The average Bonchev–Trinajstić information content (AvgIpc) is 2.94. The fraction of sp³-hybridized carbons (Fsp3) is 0.531. The molecule has 0 amide bonds. The number of aliphatic hydroxyl groups excluding tert-OH is 2. The number of benzene rings is 2. The molecule has 11 heteroatoms. The van der Waals surface area contributed by atoms with Gasteiger partial charge >= 0.3 is 0 Å². The highest BCUT2D eigenvalue weighted by Gasteiger charge is 2.50. The van der Waals surface area contributed by atoms with E-state index in [9.17, 15) is 39.9 Å². The zero-order valence-electron chi connectivity index (χ0n) is 24.8. The SMILES string of the molecule is COc1cccc2c1C(=O)c1c(O)c3c(c(O)c1C2=O)C[C@@](O)(C(=O)CO)C[C@@H]3O[C@H]1CC(CC(C)(C)C)[C@H](O)[C@H](C)O1. The van der Waals surface area contributed by atoms with Crippen molar-refractivity contribution in [3.05, 3.63) is 51.6 Å². The second kappa shape index (κ2) is 11.0. The van der Waals surface area contributed by atoms with Crippen LogP contribution in [0.3, 0.4) is 0 Å². The van der Waals surface area contributed by atoms with E-state index in [1.807, 2.05) is 20.8 Å². The Balaban J connectivity index is 1.64. The van der Waals surface area contributed by atoms with E-state index in [4.69, 9.17) is 14.2 Å². The molecule has 11 nitrogen and oxygen atoms in total. The van der Waals surface area contributed by atoms with E-state index in [1.54, 1.807) is 6.92 Å². The lowest BCUT2D eigenvalue weighted by Crippen LogP contribution is -2.49. The van der Waals surface area contributed by atoms with Crippen molar-refractivity contribution in [1.29, 1.82) is 0 Å². The Morgan fingerprint density at radius 2 is 1.77 bits per heavy atom. The minimum absolute atomic E-state index is 0.0372. The lowest BCUT2D eigenvalue weighted by Gasteiger charge is -2.43. The van der Waals surface area contributed by atoms with Gasteiger partial charge in [0.1, 0.15) is 29.5 Å². The van der Waals surface area contributed by atoms with Crippen molar-refractivity contribution in [2.24, 2.45) is 11.3 Å². The fourth-order valence-electron chi connectivity index (χ4n) is 6.80.